The van der Waals surface area contributed by atoms with Gasteiger partial charge in [-0.1, -0.05) is 18.2 Å². The van der Waals surface area contributed by atoms with Crippen LogP contribution in [0, 0.1) is 0 Å². The van der Waals surface area contributed by atoms with Crippen molar-refractivity contribution in [3.63, 3.8) is 0 Å². The quantitative estimate of drug-likeness (QED) is 0.736. The Morgan fingerprint density at radius 2 is 2.12 bits per heavy atom. The molecule has 0 aliphatic carbocycles. The van der Waals surface area contributed by atoms with Crippen molar-refractivity contribution in [3.8, 4) is 5.75 Å². The summed E-state index contributed by atoms with van der Waals surface area (Å²) in [7, 11) is 0.995. The average Bonchev–Trinajstić information content (AvgIpc) is 2.29. The summed E-state index contributed by atoms with van der Waals surface area (Å²) in [6, 6.07) is 7.96. The number of nitrogens with one attached hydrogen (secondary N) is 1. The summed E-state index contributed by atoms with van der Waals surface area (Å²) in [5.74, 6) is 1.67. The van der Waals surface area contributed by atoms with Crippen molar-refractivity contribution in [2.24, 2.45) is 0 Å². The molecule has 90 valence electrons. The molecule has 0 heterocycles. The highest BCUT2D eigenvalue weighted by atomic mass is 32.2. The Balaban J connectivity index is 2.28. The van der Waals surface area contributed by atoms with Crippen molar-refractivity contribution < 1.29 is 8.95 Å². The number of hydrogen-bond donors (Lipinski definition) is 1. The van der Waals surface area contributed by atoms with Gasteiger partial charge in [0, 0.05) is 34.9 Å². The molecule has 0 aromatic heterocycles. The molecule has 0 bridgehead atoms. The van der Waals surface area contributed by atoms with Crippen LogP contribution >= 0.6 is 0 Å². The van der Waals surface area contributed by atoms with Crippen LogP contribution in [0.1, 0.15) is 12.0 Å². The average molecular weight is 241 g/mol. The Bertz CT molecular complexity index is 342. The van der Waals surface area contributed by atoms with Crippen molar-refractivity contribution >= 4 is 10.8 Å². The smallest absolute Gasteiger partial charge is 0.123 e. The Labute approximate surface area is 99.7 Å². The third kappa shape index (κ3) is 4.77. The van der Waals surface area contributed by atoms with Crippen molar-refractivity contribution in [1.82, 2.24) is 5.32 Å². The molecule has 1 aromatic carbocycles. The minimum Gasteiger partial charge on any atom is -0.496 e. The number of benzene rings is 1. The molecular formula is C12H19NO2S. The lowest BCUT2D eigenvalue weighted by molar-refractivity contribution is 0.407. The molecule has 0 radical (unpaired) electrons. The van der Waals surface area contributed by atoms with Crippen molar-refractivity contribution in [3.05, 3.63) is 29.8 Å². The topological polar surface area (TPSA) is 38.3 Å². The molecule has 1 rings (SSSR count). The van der Waals surface area contributed by atoms with E-state index in [0.29, 0.717) is 0 Å². The summed E-state index contributed by atoms with van der Waals surface area (Å²) < 4.78 is 16.1. The molecule has 3 nitrogen and oxygen atoms in total. The molecule has 16 heavy (non-hydrogen) atoms. The van der Waals surface area contributed by atoms with Gasteiger partial charge in [-0.2, -0.15) is 0 Å². The Hall–Kier alpha value is -0.870. The highest BCUT2D eigenvalue weighted by molar-refractivity contribution is 7.84. The minimum absolute atomic E-state index is 0.684. The molecule has 0 aliphatic rings. The maximum Gasteiger partial charge on any atom is 0.123 e. The molecule has 0 spiro atoms. The second-order valence-corrected chi connectivity index (χ2v) is 5.17. The van der Waals surface area contributed by atoms with Gasteiger partial charge in [0.1, 0.15) is 5.75 Å². The zero-order valence-corrected chi connectivity index (χ0v) is 10.7. The van der Waals surface area contributed by atoms with Crippen LogP contribution in [0.4, 0.5) is 0 Å². The number of ether oxygens (including phenoxy) is 1. The second-order valence-electron chi connectivity index (χ2n) is 3.62. The molecule has 0 fully saturated rings. The van der Waals surface area contributed by atoms with Crippen LogP contribution in [0.25, 0.3) is 0 Å². The molecule has 1 N–H and O–H groups in total. The van der Waals surface area contributed by atoms with Crippen molar-refractivity contribution in [2.75, 3.05) is 25.7 Å². The summed E-state index contributed by atoms with van der Waals surface area (Å²) in [6.07, 6.45) is 2.68. The Kier molecular flexibility index (Phi) is 6.11. The number of hydrogen-bond acceptors (Lipinski definition) is 3. The molecule has 0 saturated carbocycles. The lowest BCUT2D eigenvalue weighted by Gasteiger charge is -2.08. The summed E-state index contributed by atoms with van der Waals surface area (Å²) in [6.45, 7) is 1.68. The van der Waals surface area contributed by atoms with Crippen LogP contribution in [-0.4, -0.2) is 29.9 Å². The van der Waals surface area contributed by atoms with E-state index in [-0.39, 0.29) is 0 Å². The molecule has 0 amide bonds. The minimum atomic E-state index is -0.684. The van der Waals surface area contributed by atoms with E-state index in [1.807, 2.05) is 24.3 Å². The van der Waals surface area contributed by atoms with Gasteiger partial charge in [0.15, 0.2) is 0 Å². The van der Waals surface area contributed by atoms with Gasteiger partial charge >= 0.3 is 0 Å². The van der Waals surface area contributed by atoms with Gasteiger partial charge in [-0.05, 0) is 19.0 Å². The molecule has 1 aromatic rings. The van der Waals surface area contributed by atoms with Crippen LogP contribution in [0.15, 0.2) is 24.3 Å². The van der Waals surface area contributed by atoms with E-state index in [4.69, 9.17) is 4.74 Å². The monoisotopic (exact) mass is 241 g/mol. The third-order valence-corrected chi connectivity index (χ3v) is 3.16. The zero-order chi connectivity index (χ0) is 11.8. The number of methoxy groups -OCH3 is 1. The van der Waals surface area contributed by atoms with Gasteiger partial charge in [-0.3, -0.25) is 4.21 Å². The lowest BCUT2D eigenvalue weighted by atomic mass is 10.2. The van der Waals surface area contributed by atoms with E-state index < -0.39 is 10.8 Å². The van der Waals surface area contributed by atoms with E-state index in [2.05, 4.69) is 5.32 Å². The van der Waals surface area contributed by atoms with E-state index in [9.17, 15) is 4.21 Å². The number of para-hydroxylation sites is 1. The summed E-state index contributed by atoms with van der Waals surface area (Å²) in [4.78, 5) is 0. The first-order chi connectivity index (χ1) is 7.74. The molecule has 0 saturated heterocycles. The molecule has 1 unspecified atom stereocenters. The normalized spacial score (nSPS) is 12.4. The maximum atomic E-state index is 10.8. The summed E-state index contributed by atoms with van der Waals surface area (Å²) in [5, 5.41) is 3.32. The lowest BCUT2D eigenvalue weighted by Crippen LogP contribution is -2.17. The van der Waals surface area contributed by atoms with Crippen LogP contribution in [0.5, 0.6) is 5.75 Å². The highest BCUT2D eigenvalue weighted by Crippen LogP contribution is 2.16. The van der Waals surface area contributed by atoms with Crippen LogP contribution in [0.2, 0.25) is 0 Å². The van der Waals surface area contributed by atoms with Crippen LogP contribution in [-0.2, 0) is 17.3 Å². The highest BCUT2D eigenvalue weighted by Gasteiger charge is 2.00. The van der Waals surface area contributed by atoms with E-state index in [0.717, 1.165) is 36.6 Å². The standard InChI is InChI=1S/C12H19NO2S/c1-15-12-7-4-3-6-11(12)10-13-8-5-9-16(2)14/h3-4,6-7,13H,5,8-10H2,1-2H3. The van der Waals surface area contributed by atoms with E-state index >= 15 is 0 Å². The van der Waals surface area contributed by atoms with Gasteiger partial charge in [0.2, 0.25) is 0 Å². The largest absolute Gasteiger partial charge is 0.496 e. The Morgan fingerprint density at radius 1 is 1.38 bits per heavy atom. The van der Waals surface area contributed by atoms with Gasteiger partial charge in [0.25, 0.3) is 0 Å². The zero-order valence-electron chi connectivity index (χ0n) is 9.86. The van der Waals surface area contributed by atoms with Gasteiger partial charge < -0.3 is 10.1 Å². The second kappa shape index (κ2) is 7.41. The third-order valence-electron chi connectivity index (χ3n) is 2.29. The van der Waals surface area contributed by atoms with E-state index in [1.165, 1.54) is 0 Å². The molecule has 1 atom stereocenters. The number of rotatable bonds is 7. The molecule has 0 aliphatic heterocycles. The van der Waals surface area contributed by atoms with Crippen molar-refractivity contribution in [2.45, 2.75) is 13.0 Å². The summed E-state index contributed by atoms with van der Waals surface area (Å²) in [5.41, 5.74) is 1.16. The van der Waals surface area contributed by atoms with Crippen molar-refractivity contribution in [1.29, 1.82) is 0 Å². The predicted molar refractivity (Wildman–Crippen MR) is 68.3 cm³/mol. The maximum absolute atomic E-state index is 10.8. The molecular weight excluding hydrogens is 222 g/mol. The summed E-state index contributed by atoms with van der Waals surface area (Å²) >= 11 is 0. The van der Waals surface area contributed by atoms with Gasteiger partial charge in [-0.15, -0.1) is 0 Å². The Morgan fingerprint density at radius 3 is 2.81 bits per heavy atom. The fourth-order valence-corrected chi connectivity index (χ4v) is 2.02. The van der Waals surface area contributed by atoms with Crippen LogP contribution < -0.4 is 10.1 Å². The van der Waals surface area contributed by atoms with Gasteiger partial charge in [-0.25, -0.2) is 0 Å². The fourth-order valence-electron chi connectivity index (χ4n) is 1.47. The van der Waals surface area contributed by atoms with E-state index in [1.54, 1.807) is 13.4 Å². The van der Waals surface area contributed by atoms with Crippen LogP contribution in [0.3, 0.4) is 0 Å². The SMILES string of the molecule is COc1ccccc1CNCCCS(C)=O. The first-order valence-corrected chi connectivity index (χ1v) is 7.09. The fraction of sp³-hybridized carbons (Fsp3) is 0.500. The molecule has 4 heteroatoms. The predicted octanol–water partition coefficient (Wildman–Crippen LogP) is 1.55. The van der Waals surface area contributed by atoms with Gasteiger partial charge in [0.05, 0.1) is 7.11 Å². The first-order valence-electron chi connectivity index (χ1n) is 5.36. The first kappa shape index (κ1) is 13.2.